The molecule has 5 nitrogen and oxygen atoms in total. The molecule has 0 unspecified atom stereocenters. The van der Waals surface area contributed by atoms with Crippen LogP contribution in [-0.2, 0) is 0 Å². The van der Waals surface area contributed by atoms with E-state index in [1.807, 2.05) is 11.9 Å². The lowest BCUT2D eigenvalue weighted by atomic mass is 10.3. The Balaban J connectivity index is 2.64. The summed E-state index contributed by atoms with van der Waals surface area (Å²) in [5.74, 6) is 0.543. The fourth-order valence-electron chi connectivity index (χ4n) is 1.19. The summed E-state index contributed by atoms with van der Waals surface area (Å²) in [4.78, 5) is 19.3. The molecule has 0 atom stereocenters. The fourth-order valence-corrected chi connectivity index (χ4v) is 1.37. The number of rotatable bonds is 5. The number of aromatic nitrogens is 2. The summed E-state index contributed by atoms with van der Waals surface area (Å²) in [6, 6.07) is 1.39. The number of hydrogen-bond donors (Lipinski definition) is 2. The van der Waals surface area contributed by atoms with Crippen molar-refractivity contribution in [2.24, 2.45) is 0 Å². The minimum Gasteiger partial charge on any atom is -0.396 e. The smallest absolute Gasteiger partial charge is 0.253 e. The molecule has 0 fully saturated rings. The van der Waals surface area contributed by atoms with E-state index in [2.05, 4.69) is 9.97 Å². The predicted octanol–water partition coefficient (Wildman–Crippen LogP) is 0.632. The number of anilines is 1. The largest absolute Gasteiger partial charge is 0.396 e. The van der Waals surface area contributed by atoms with Crippen molar-refractivity contribution in [1.82, 2.24) is 9.97 Å². The minimum absolute atomic E-state index is 0.0894. The van der Waals surface area contributed by atoms with E-state index in [1.54, 1.807) is 0 Å². The molecule has 0 saturated carbocycles. The first-order chi connectivity index (χ1) is 7.13. The first-order valence-corrected chi connectivity index (χ1v) is 5.10. The summed E-state index contributed by atoms with van der Waals surface area (Å²) in [6.07, 6.45) is 1.58. The molecule has 2 N–H and O–H groups in total. The quantitative estimate of drug-likeness (QED) is 0.576. The molecule has 1 aromatic heterocycles. The topological polar surface area (TPSA) is 69.2 Å². The molecule has 0 radical (unpaired) electrons. The minimum atomic E-state index is -0.265. The van der Waals surface area contributed by atoms with E-state index in [4.69, 9.17) is 16.7 Å². The molecule has 0 aliphatic heterocycles. The van der Waals surface area contributed by atoms with Gasteiger partial charge in [0.2, 0.25) is 5.28 Å². The maximum atomic E-state index is 11.1. The molecule has 15 heavy (non-hydrogen) atoms. The Bertz CT molecular complexity index is 367. The number of nitrogens with zero attached hydrogens (tertiary/aromatic N) is 2. The van der Waals surface area contributed by atoms with Crippen LogP contribution in [0.1, 0.15) is 12.8 Å². The number of nitrogens with one attached hydrogen (secondary N) is 1. The molecule has 0 aromatic carbocycles. The van der Waals surface area contributed by atoms with Gasteiger partial charge in [0.1, 0.15) is 5.82 Å². The summed E-state index contributed by atoms with van der Waals surface area (Å²) in [5, 5.41) is 8.72. The number of aliphatic hydroxyl groups is 1. The van der Waals surface area contributed by atoms with Crippen molar-refractivity contribution in [3.05, 3.63) is 21.7 Å². The maximum absolute atomic E-state index is 11.1. The van der Waals surface area contributed by atoms with Crippen LogP contribution in [0, 0.1) is 0 Å². The summed E-state index contributed by atoms with van der Waals surface area (Å²) in [5.41, 5.74) is -0.265. The highest BCUT2D eigenvalue weighted by Crippen LogP contribution is 2.08. The van der Waals surface area contributed by atoms with Crippen LogP contribution in [0.3, 0.4) is 0 Å². The van der Waals surface area contributed by atoms with Crippen molar-refractivity contribution < 1.29 is 5.11 Å². The number of unbranched alkanes of at least 4 members (excludes halogenated alkanes) is 1. The highest BCUT2D eigenvalue weighted by atomic mass is 35.5. The van der Waals surface area contributed by atoms with E-state index >= 15 is 0 Å². The van der Waals surface area contributed by atoms with Gasteiger partial charge in [-0.25, -0.2) is 4.98 Å². The highest BCUT2D eigenvalue weighted by Gasteiger charge is 2.04. The van der Waals surface area contributed by atoms with Crippen LogP contribution < -0.4 is 10.5 Å². The molecule has 0 aliphatic rings. The van der Waals surface area contributed by atoms with Crippen molar-refractivity contribution in [1.29, 1.82) is 0 Å². The standard InChI is InChI=1S/C9H14ClN3O2/c1-13(4-2-3-5-14)7-6-8(15)12-9(10)11-7/h6,14H,2-5H2,1H3,(H,11,12,15). The number of H-pyrrole nitrogens is 1. The third kappa shape index (κ3) is 3.89. The van der Waals surface area contributed by atoms with E-state index < -0.39 is 0 Å². The van der Waals surface area contributed by atoms with Gasteiger partial charge in [0.05, 0.1) is 0 Å². The molecular weight excluding hydrogens is 218 g/mol. The number of aromatic amines is 1. The molecule has 0 spiro atoms. The van der Waals surface area contributed by atoms with E-state index in [9.17, 15) is 4.79 Å². The molecule has 0 bridgehead atoms. The zero-order valence-corrected chi connectivity index (χ0v) is 9.29. The van der Waals surface area contributed by atoms with E-state index in [0.29, 0.717) is 5.82 Å². The molecule has 1 rings (SSSR count). The van der Waals surface area contributed by atoms with Crippen LogP contribution in [0.25, 0.3) is 0 Å². The Morgan fingerprint density at radius 2 is 2.33 bits per heavy atom. The average molecular weight is 232 g/mol. The average Bonchev–Trinajstić information content (AvgIpc) is 2.16. The van der Waals surface area contributed by atoms with Crippen LogP contribution in [0.2, 0.25) is 5.28 Å². The summed E-state index contributed by atoms with van der Waals surface area (Å²) in [7, 11) is 1.83. The third-order valence-corrected chi connectivity index (χ3v) is 2.17. The molecule has 0 saturated heterocycles. The second-order valence-electron chi connectivity index (χ2n) is 3.25. The van der Waals surface area contributed by atoms with Crippen molar-refractivity contribution in [2.45, 2.75) is 12.8 Å². The molecule has 1 heterocycles. The van der Waals surface area contributed by atoms with Gasteiger partial charge in [-0.1, -0.05) is 0 Å². The number of aliphatic hydroxyl groups excluding tert-OH is 1. The lowest BCUT2D eigenvalue weighted by Gasteiger charge is -2.17. The monoisotopic (exact) mass is 231 g/mol. The highest BCUT2D eigenvalue weighted by molar-refractivity contribution is 6.28. The van der Waals surface area contributed by atoms with Crippen LogP contribution in [0.15, 0.2) is 10.9 Å². The lowest BCUT2D eigenvalue weighted by Crippen LogP contribution is -2.22. The van der Waals surface area contributed by atoms with Gasteiger partial charge in [-0.3, -0.25) is 9.78 Å². The number of hydrogen-bond acceptors (Lipinski definition) is 4. The molecule has 84 valence electrons. The van der Waals surface area contributed by atoms with Crippen LogP contribution in [0.4, 0.5) is 5.82 Å². The van der Waals surface area contributed by atoms with Crippen LogP contribution in [0.5, 0.6) is 0 Å². The lowest BCUT2D eigenvalue weighted by molar-refractivity contribution is 0.285. The Kier molecular flexibility index (Phi) is 4.58. The second kappa shape index (κ2) is 5.72. The van der Waals surface area contributed by atoms with Gasteiger partial charge < -0.3 is 10.0 Å². The van der Waals surface area contributed by atoms with Gasteiger partial charge in [0.15, 0.2) is 0 Å². The van der Waals surface area contributed by atoms with Gasteiger partial charge in [0, 0.05) is 26.3 Å². The molecular formula is C9H14ClN3O2. The van der Waals surface area contributed by atoms with Crippen molar-refractivity contribution in [3.8, 4) is 0 Å². The maximum Gasteiger partial charge on any atom is 0.253 e. The van der Waals surface area contributed by atoms with Crippen LogP contribution >= 0.6 is 11.6 Å². The normalized spacial score (nSPS) is 10.3. The fraction of sp³-hybridized carbons (Fsp3) is 0.556. The van der Waals surface area contributed by atoms with Gasteiger partial charge in [0.25, 0.3) is 5.56 Å². The van der Waals surface area contributed by atoms with E-state index in [-0.39, 0.29) is 17.4 Å². The summed E-state index contributed by atoms with van der Waals surface area (Å²) in [6.45, 7) is 0.907. The Morgan fingerprint density at radius 1 is 1.60 bits per heavy atom. The van der Waals surface area contributed by atoms with E-state index in [1.165, 1.54) is 6.07 Å². The summed E-state index contributed by atoms with van der Waals surface area (Å²) >= 11 is 5.62. The van der Waals surface area contributed by atoms with Crippen molar-refractivity contribution >= 4 is 17.4 Å². The Labute approximate surface area is 92.7 Å². The first kappa shape index (κ1) is 12.0. The van der Waals surface area contributed by atoms with Crippen molar-refractivity contribution in [2.75, 3.05) is 25.1 Å². The zero-order chi connectivity index (χ0) is 11.3. The molecule has 0 amide bonds. The second-order valence-corrected chi connectivity index (χ2v) is 3.60. The number of halogens is 1. The van der Waals surface area contributed by atoms with Gasteiger partial charge >= 0.3 is 0 Å². The summed E-state index contributed by atoms with van der Waals surface area (Å²) < 4.78 is 0. The molecule has 6 heteroatoms. The molecule has 0 aliphatic carbocycles. The zero-order valence-electron chi connectivity index (χ0n) is 8.53. The Hall–Kier alpha value is -1.07. The molecule has 1 aromatic rings. The first-order valence-electron chi connectivity index (χ1n) is 4.72. The predicted molar refractivity (Wildman–Crippen MR) is 59.5 cm³/mol. The SMILES string of the molecule is CN(CCCCO)c1cc(=O)[nH]c(Cl)n1. The van der Waals surface area contributed by atoms with Gasteiger partial charge in [-0.2, -0.15) is 0 Å². The van der Waals surface area contributed by atoms with E-state index in [0.717, 1.165) is 19.4 Å². The van der Waals surface area contributed by atoms with Crippen LogP contribution in [-0.4, -0.2) is 35.3 Å². The van der Waals surface area contributed by atoms with Crippen molar-refractivity contribution in [3.63, 3.8) is 0 Å². The van der Waals surface area contributed by atoms with Gasteiger partial charge in [-0.15, -0.1) is 0 Å². The van der Waals surface area contributed by atoms with Gasteiger partial charge in [-0.05, 0) is 24.4 Å². The third-order valence-electron chi connectivity index (χ3n) is 1.99. The Morgan fingerprint density at radius 3 is 2.93 bits per heavy atom.